The molecule has 0 atom stereocenters. The molecule has 0 aliphatic carbocycles. The van der Waals surface area contributed by atoms with Crippen molar-refractivity contribution in [3.63, 3.8) is 0 Å². The lowest BCUT2D eigenvalue weighted by Gasteiger charge is -2.07. The minimum absolute atomic E-state index is 0.221. The van der Waals surface area contributed by atoms with Crippen molar-refractivity contribution in [2.24, 2.45) is 0 Å². The molecule has 0 spiro atoms. The van der Waals surface area contributed by atoms with Crippen LogP contribution in [0.1, 0.15) is 11.3 Å². The van der Waals surface area contributed by atoms with Crippen molar-refractivity contribution >= 4 is 16.7 Å². The van der Waals surface area contributed by atoms with Gasteiger partial charge in [0, 0.05) is 11.6 Å². The van der Waals surface area contributed by atoms with Crippen molar-refractivity contribution in [3.05, 3.63) is 41.7 Å². The number of carbonyl (C=O) groups excluding carboxylic acids is 1. The number of aryl methyl sites for hydroxylation is 1. The van der Waals surface area contributed by atoms with Gasteiger partial charge in [0.25, 0.3) is 0 Å². The molecule has 1 aromatic heterocycles. The highest BCUT2D eigenvalue weighted by molar-refractivity contribution is 5.90. The minimum Gasteiger partial charge on any atom is -0.469 e. The molecule has 0 aliphatic rings. The van der Waals surface area contributed by atoms with Crippen LogP contribution in [0.5, 0.6) is 0 Å². The van der Waals surface area contributed by atoms with E-state index in [2.05, 4.69) is 9.72 Å². The van der Waals surface area contributed by atoms with Crippen LogP contribution in [0.4, 0.5) is 0 Å². The summed E-state index contributed by atoms with van der Waals surface area (Å²) < 4.78 is 4.66. The van der Waals surface area contributed by atoms with Crippen molar-refractivity contribution in [2.75, 3.05) is 7.11 Å². The van der Waals surface area contributed by atoms with Gasteiger partial charge < -0.3 is 4.74 Å². The fraction of sp³-hybridized carbons (Fsp3) is 0.231. The summed E-state index contributed by atoms with van der Waals surface area (Å²) in [6.07, 6.45) is 1.94. The maximum Gasteiger partial charge on any atom is 0.311 e. The highest BCUT2D eigenvalue weighted by Crippen LogP contribution is 2.21. The molecule has 82 valence electrons. The third-order valence-corrected chi connectivity index (χ3v) is 2.62. The zero-order valence-electron chi connectivity index (χ0n) is 9.36. The van der Waals surface area contributed by atoms with Gasteiger partial charge in [-0.1, -0.05) is 18.2 Å². The van der Waals surface area contributed by atoms with Crippen LogP contribution in [0.15, 0.2) is 30.5 Å². The van der Waals surface area contributed by atoms with Crippen molar-refractivity contribution in [1.29, 1.82) is 0 Å². The van der Waals surface area contributed by atoms with E-state index < -0.39 is 0 Å². The quantitative estimate of drug-likeness (QED) is 0.721. The minimum atomic E-state index is -0.261. The van der Waals surface area contributed by atoms with Crippen LogP contribution >= 0.6 is 0 Å². The third-order valence-electron chi connectivity index (χ3n) is 2.62. The SMILES string of the molecule is COC(=O)Cc1nccc2cccc(C)c12. The van der Waals surface area contributed by atoms with Crippen LogP contribution in [0.2, 0.25) is 0 Å². The Bertz CT molecular complexity index is 529. The predicted molar refractivity (Wildman–Crippen MR) is 62.2 cm³/mol. The van der Waals surface area contributed by atoms with E-state index >= 15 is 0 Å². The molecule has 0 saturated heterocycles. The number of nitrogens with zero attached hydrogens (tertiary/aromatic N) is 1. The van der Waals surface area contributed by atoms with Crippen LogP contribution in [0, 0.1) is 6.92 Å². The van der Waals surface area contributed by atoms with Gasteiger partial charge in [0.05, 0.1) is 19.2 Å². The highest BCUT2D eigenvalue weighted by atomic mass is 16.5. The number of carbonyl (C=O) groups is 1. The Morgan fingerprint density at radius 2 is 2.19 bits per heavy atom. The standard InChI is InChI=1S/C13H13NO2/c1-9-4-3-5-10-6-7-14-11(13(9)10)8-12(15)16-2/h3-7H,8H2,1-2H3. The first-order chi connectivity index (χ1) is 7.72. The zero-order valence-corrected chi connectivity index (χ0v) is 9.36. The van der Waals surface area contributed by atoms with Crippen molar-refractivity contribution in [1.82, 2.24) is 4.98 Å². The number of aromatic nitrogens is 1. The van der Waals surface area contributed by atoms with Crippen LogP contribution in [0.25, 0.3) is 10.8 Å². The molecule has 3 heteroatoms. The molecular formula is C13H13NO2. The number of hydrogen-bond acceptors (Lipinski definition) is 3. The lowest BCUT2D eigenvalue weighted by molar-refractivity contribution is -0.139. The number of esters is 1. The molecule has 0 amide bonds. The van der Waals surface area contributed by atoms with Gasteiger partial charge in [0.1, 0.15) is 0 Å². The highest BCUT2D eigenvalue weighted by Gasteiger charge is 2.09. The van der Waals surface area contributed by atoms with Gasteiger partial charge in [-0.05, 0) is 23.9 Å². The zero-order chi connectivity index (χ0) is 11.5. The third kappa shape index (κ3) is 1.89. The van der Waals surface area contributed by atoms with Crippen LogP contribution in [-0.2, 0) is 16.0 Å². The van der Waals surface area contributed by atoms with E-state index in [1.807, 2.05) is 31.2 Å². The van der Waals surface area contributed by atoms with E-state index in [1.54, 1.807) is 6.20 Å². The topological polar surface area (TPSA) is 39.2 Å². The lowest BCUT2D eigenvalue weighted by Crippen LogP contribution is -2.06. The molecule has 3 nitrogen and oxygen atoms in total. The average Bonchev–Trinajstić information content (AvgIpc) is 2.29. The molecule has 0 bridgehead atoms. The molecule has 0 saturated carbocycles. The maximum absolute atomic E-state index is 11.3. The summed E-state index contributed by atoms with van der Waals surface area (Å²) in [5, 5.41) is 2.16. The molecule has 1 heterocycles. The van der Waals surface area contributed by atoms with Gasteiger partial charge in [-0.15, -0.1) is 0 Å². The van der Waals surface area contributed by atoms with Crippen molar-refractivity contribution < 1.29 is 9.53 Å². The van der Waals surface area contributed by atoms with Gasteiger partial charge in [-0.25, -0.2) is 0 Å². The summed E-state index contributed by atoms with van der Waals surface area (Å²) in [5.41, 5.74) is 1.91. The molecule has 1 aromatic carbocycles. The number of methoxy groups -OCH3 is 1. The van der Waals surface area contributed by atoms with Gasteiger partial charge >= 0.3 is 5.97 Å². The normalized spacial score (nSPS) is 10.4. The van der Waals surface area contributed by atoms with Gasteiger partial charge in [-0.3, -0.25) is 9.78 Å². The van der Waals surface area contributed by atoms with Gasteiger partial charge in [0.2, 0.25) is 0 Å². The van der Waals surface area contributed by atoms with E-state index in [0.717, 1.165) is 22.0 Å². The average molecular weight is 215 g/mol. The van der Waals surface area contributed by atoms with Crippen molar-refractivity contribution in [2.45, 2.75) is 13.3 Å². The molecule has 0 unspecified atom stereocenters. The Kier molecular flexibility index (Phi) is 2.86. The van der Waals surface area contributed by atoms with Crippen LogP contribution < -0.4 is 0 Å². The van der Waals surface area contributed by atoms with E-state index in [-0.39, 0.29) is 12.4 Å². The Hall–Kier alpha value is -1.90. The molecule has 16 heavy (non-hydrogen) atoms. The lowest BCUT2D eigenvalue weighted by atomic mass is 10.0. The summed E-state index contributed by atoms with van der Waals surface area (Å²) in [6, 6.07) is 7.98. The first-order valence-corrected chi connectivity index (χ1v) is 5.12. The van der Waals surface area contributed by atoms with E-state index in [9.17, 15) is 4.79 Å². The summed E-state index contributed by atoms with van der Waals surface area (Å²) in [4.78, 5) is 15.5. The number of rotatable bonds is 2. The summed E-state index contributed by atoms with van der Waals surface area (Å²) in [6.45, 7) is 2.02. The first kappa shape index (κ1) is 10.6. The Morgan fingerprint density at radius 1 is 1.38 bits per heavy atom. The summed E-state index contributed by atoms with van der Waals surface area (Å²) in [7, 11) is 1.39. The second-order valence-corrected chi connectivity index (χ2v) is 3.68. The van der Waals surface area contributed by atoms with E-state index in [4.69, 9.17) is 0 Å². The number of hydrogen-bond donors (Lipinski definition) is 0. The molecule has 2 aromatic rings. The molecule has 2 rings (SSSR count). The second kappa shape index (κ2) is 4.31. The number of benzene rings is 1. The van der Waals surface area contributed by atoms with Crippen LogP contribution in [0.3, 0.4) is 0 Å². The van der Waals surface area contributed by atoms with Gasteiger partial charge in [-0.2, -0.15) is 0 Å². The largest absolute Gasteiger partial charge is 0.469 e. The molecular weight excluding hydrogens is 202 g/mol. The maximum atomic E-state index is 11.3. The fourth-order valence-electron chi connectivity index (χ4n) is 1.84. The van der Waals surface area contributed by atoms with Crippen LogP contribution in [-0.4, -0.2) is 18.1 Å². The number of fused-ring (bicyclic) bond motifs is 1. The Labute approximate surface area is 94.1 Å². The molecule has 0 fully saturated rings. The predicted octanol–water partition coefficient (Wildman–Crippen LogP) is 2.26. The summed E-state index contributed by atoms with van der Waals surface area (Å²) in [5.74, 6) is -0.261. The van der Waals surface area contributed by atoms with E-state index in [1.165, 1.54) is 7.11 Å². The second-order valence-electron chi connectivity index (χ2n) is 3.68. The van der Waals surface area contributed by atoms with Crippen molar-refractivity contribution in [3.8, 4) is 0 Å². The van der Waals surface area contributed by atoms with Gasteiger partial charge in [0.15, 0.2) is 0 Å². The molecule has 0 radical (unpaired) electrons. The number of ether oxygens (including phenoxy) is 1. The Balaban J connectivity index is 2.56. The number of pyridine rings is 1. The Morgan fingerprint density at radius 3 is 2.94 bits per heavy atom. The smallest absolute Gasteiger partial charge is 0.311 e. The molecule has 0 aliphatic heterocycles. The molecule has 0 N–H and O–H groups in total. The summed E-state index contributed by atoms with van der Waals surface area (Å²) >= 11 is 0. The fourth-order valence-corrected chi connectivity index (χ4v) is 1.84. The first-order valence-electron chi connectivity index (χ1n) is 5.12. The monoisotopic (exact) mass is 215 g/mol. The van der Waals surface area contributed by atoms with E-state index in [0.29, 0.717) is 0 Å².